The Hall–Kier alpha value is -2.91. The molecule has 1 aliphatic heterocycles. The number of benzene rings is 1. The highest BCUT2D eigenvalue weighted by Gasteiger charge is 2.38. The van der Waals surface area contributed by atoms with Crippen molar-refractivity contribution in [1.82, 2.24) is 9.55 Å². The van der Waals surface area contributed by atoms with Crippen molar-refractivity contribution in [2.45, 2.75) is 32.5 Å². The zero-order valence-electron chi connectivity index (χ0n) is 15.6. The number of pyridine rings is 1. The van der Waals surface area contributed by atoms with Crippen LogP contribution in [0.3, 0.4) is 0 Å². The number of ether oxygens (including phenoxy) is 1. The van der Waals surface area contributed by atoms with Crippen LogP contribution in [-0.2, 0) is 24.1 Å². The van der Waals surface area contributed by atoms with E-state index in [4.69, 9.17) is 16.3 Å². The van der Waals surface area contributed by atoms with Crippen LogP contribution < -0.4 is 15.2 Å². The molecular weight excluding hydrogens is 423 g/mol. The van der Waals surface area contributed by atoms with Gasteiger partial charge < -0.3 is 9.84 Å². The molecule has 1 unspecified atom stereocenters. The standard InChI is InChI=1S/C20H15ClF3N3O3/c1-2-26-15-10-30-19(12-6-7-14(21)25-9-12)27(15)18(29)16(17(26)28)11-4-3-5-13(8-11)20(22,23)24/h3-9,19H,2,10H2,1H3. The Balaban J connectivity index is 1.96. The van der Waals surface area contributed by atoms with E-state index in [1.54, 1.807) is 13.0 Å². The summed E-state index contributed by atoms with van der Waals surface area (Å²) in [6.07, 6.45) is -4.03. The lowest BCUT2D eigenvalue weighted by atomic mass is 10.0. The summed E-state index contributed by atoms with van der Waals surface area (Å²) >= 11 is 5.82. The lowest BCUT2D eigenvalue weighted by molar-refractivity contribution is -0.749. The minimum Gasteiger partial charge on any atom is -0.842 e. The molecule has 3 aromatic rings. The topological polar surface area (TPSA) is 71.1 Å². The fourth-order valence-electron chi connectivity index (χ4n) is 3.53. The minimum atomic E-state index is -4.60. The number of alkyl halides is 3. The van der Waals surface area contributed by atoms with E-state index in [-0.39, 0.29) is 29.4 Å². The van der Waals surface area contributed by atoms with Crippen molar-refractivity contribution in [3.63, 3.8) is 0 Å². The summed E-state index contributed by atoms with van der Waals surface area (Å²) in [5, 5.41) is 13.3. The van der Waals surface area contributed by atoms with E-state index in [1.807, 2.05) is 0 Å². The van der Waals surface area contributed by atoms with Crippen molar-refractivity contribution in [2.75, 3.05) is 0 Å². The highest BCUT2D eigenvalue weighted by atomic mass is 35.5. The van der Waals surface area contributed by atoms with Gasteiger partial charge in [-0.25, -0.2) is 14.3 Å². The van der Waals surface area contributed by atoms with E-state index in [0.717, 1.165) is 12.1 Å². The molecule has 156 valence electrons. The van der Waals surface area contributed by atoms with Crippen LogP contribution in [0.1, 0.15) is 30.1 Å². The van der Waals surface area contributed by atoms with E-state index in [9.17, 15) is 23.1 Å². The largest absolute Gasteiger partial charge is 0.842 e. The number of rotatable bonds is 3. The van der Waals surface area contributed by atoms with Crippen LogP contribution in [0, 0.1) is 0 Å². The molecule has 10 heteroatoms. The van der Waals surface area contributed by atoms with Crippen molar-refractivity contribution in [1.29, 1.82) is 0 Å². The maximum absolute atomic E-state index is 13.3. The summed E-state index contributed by atoms with van der Waals surface area (Å²) in [7, 11) is 0. The lowest BCUT2D eigenvalue weighted by Crippen LogP contribution is -2.56. The lowest BCUT2D eigenvalue weighted by Gasteiger charge is -2.18. The SMILES string of the molecule is CCn1c([O-])c(-c2cccc(C(F)(F)F)c2)c(=O)[n+]2c1COC2c1ccc(Cl)nc1. The van der Waals surface area contributed by atoms with E-state index in [0.29, 0.717) is 11.4 Å². The van der Waals surface area contributed by atoms with Gasteiger partial charge in [-0.3, -0.25) is 0 Å². The van der Waals surface area contributed by atoms with Gasteiger partial charge in [-0.1, -0.05) is 23.7 Å². The van der Waals surface area contributed by atoms with Gasteiger partial charge in [-0.2, -0.15) is 17.7 Å². The first kappa shape index (κ1) is 20.4. The average Bonchev–Trinajstić information content (AvgIpc) is 3.14. The van der Waals surface area contributed by atoms with Crippen molar-refractivity contribution in [3.05, 3.63) is 75.1 Å². The first-order valence-electron chi connectivity index (χ1n) is 9.01. The second kappa shape index (κ2) is 7.41. The molecule has 0 radical (unpaired) electrons. The highest BCUT2D eigenvalue weighted by Crippen LogP contribution is 2.34. The van der Waals surface area contributed by atoms with E-state index in [1.165, 1.54) is 33.5 Å². The molecule has 0 spiro atoms. The molecule has 1 aliphatic rings. The van der Waals surface area contributed by atoms with Gasteiger partial charge in [0.1, 0.15) is 10.7 Å². The fraction of sp³-hybridized carbons (Fsp3) is 0.250. The Morgan fingerprint density at radius 1 is 1.33 bits per heavy atom. The number of nitrogens with zero attached hydrogens (tertiary/aromatic N) is 3. The fourth-order valence-corrected chi connectivity index (χ4v) is 3.64. The Kier molecular flexibility index (Phi) is 5.03. The van der Waals surface area contributed by atoms with Gasteiger partial charge >= 0.3 is 11.7 Å². The van der Waals surface area contributed by atoms with Gasteiger partial charge in [-0.05, 0) is 36.8 Å². The van der Waals surface area contributed by atoms with Gasteiger partial charge in [0, 0.05) is 11.8 Å². The highest BCUT2D eigenvalue weighted by molar-refractivity contribution is 6.29. The normalized spacial score (nSPS) is 16.0. The van der Waals surface area contributed by atoms with Crippen molar-refractivity contribution in [3.8, 4) is 17.0 Å². The predicted molar refractivity (Wildman–Crippen MR) is 98.6 cm³/mol. The predicted octanol–water partition coefficient (Wildman–Crippen LogP) is 3.04. The van der Waals surface area contributed by atoms with Crippen molar-refractivity contribution in [2.24, 2.45) is 0 Å². The number of hydrogen-bond acceptors (Lipinski definition) is 4. The number of aromatic nitrogens is 3. The summed E-state index contributed by atoms with van der Waals surface area (Å²) < 4.78 is 47.8. The second-order valence-electron chi connectivity index (χ2n) is 6.67. The molecule has 4 rings (SSSR count). The van der Waals surface area contributed by atoms with Crippen molar-refractivity contribution < 1.29 is 27.6 Å². The molecule has 30 heavy (non-hydrogen) atoms. The molecule has 2 aromatic heterocycles. The molecule has 0 bridgehead atoms. The van der Waals surface area contributed by atoms with Crippen LogP contribution in [0.15, 0.2) is 47.4 Å². The second-order valence-corrected chi connectivity index (χ2v) is 7.06. The van der Waals surface area contributed by atoms with Gasteiger partial charge in [0.05, 0.1) is 18.0 Å². The smallest absolute Gasteiger partial charge is 0.416 e. The maximum atomic E-state index is 13.3. The number of fused-ring (bicyclic) bond motifs is 1. The number of hydrogen-bond donors (Lipinski definition) is 0. The van der Waals surface area contributed by atoms with Gasteiger partial charge in [0.2, 0.25) is 6.23 Å². The molecule has 0 saturated heterocycles. The Morgan fingerprint density at radius 2 is 2.10 bits per heavy atom. The summed E-state index contributed by atoms with van der Waals surface area (Å²) in [5.74, 6) is -0.324. The zero-order valence-corrected chi connectivity index (χ0v) is 16.4. The van der Waals surface area contributed by atoms with Gasteiger partial charge in [0.15, 0.2) is 6.61 Å². The van der Waals surface area contributed by atoms with E-state index in [2.05, 4.69) is 4.98 Å². The van der Waals surface area contributed by atoms with Crippen molar-refractivity contribution >= 4 is 11.6 Å². The summed E-state index contributed by atoms with van der Waals surface area (Å²) in [5.41, 5.74) is -1.59. The van der Waals surface area contributed by atoms with Crippen LogP contribution in [0.25, 0.3) is 11.1 Å². The first-order chi connectivity index (χ1) is 14.2. The monoisotopic (exact) mass is 437 g/mol. The third kappa shape index (κ3) is 3.33. The Labute approximate surface area is 173 Å². The molecule has 0 amide bonds. The Morgan fingerprint density at radius 3 is 2.73 bits per heavy atom. The molecular formula is C20H15ClF3N3O3. The quantitative estimate of drug-likeness (QED) is 0.466. The van der Waals surface area contributed by atoms with Crippen LogP contribution in [-0.4, -0.2) is 9.55 Å². The van der Waals surface area contributed by atoms with E-state index < -0.39 is 29.4 Å². The summed E-state index contributed by atoms with van der Waals surface area (Å²) in [6.45, 7) is 1.92. The average molecular weight is 438 g/mol. The number of halogens is 4. The first-order valence-corrected chi connectivity index (χ1v) is 9.39. The molecule has 6 nitrogen and oxygen atoms in total. The van der Waals surface area contributed by atoms with E-state index >= 15 is 0 Å². The maximum Gasteiger partial charge on any atom is 0.416 e. The van der Waals surface area contributed by atoms with Gasteiger partial charge in [-0.15, -0.1) is 0 Å². The van der Waals surface area contributed by atoms with Crippen LogP contribution in [0.5, 0.6) is 5.88 Å². The van der Waals surface area contributed by atoms with Crippen LogP contribution in [0.2, 0.25) is 5.15 Å². The zero-order chi connectivity index (χ0) is 21.6. The molecule has 0 saturated carbocycles. The molecule has 0 N–H and O–H groups in total. The third-order valence-corrected chi connectivity index (χ3v) is 5.14. The molecule has 3 heterocycles. The minimum absolute atomic E-state index is 0.00547. The van der Waals surface area contributed by atoms with Crippen LogP contribution >= 0.6 is 11.6 Å². The third-order valence-electron chi connectivity index (χ3n) is 4.92. The molecule has 1 aromatic carbocycles. The molecule has 0 aliphatic carbocycles. The summed E-state index contributed by atoms with van der Waals surface area (Å²) in [6, 6.07) is 7.34. The Bertz CT molecular complexity index is 1180. The molecule has 0 fully saturated rings. The molecule has 1 atom stereocenters. The summed E-state index contributed by atoms with van der Waals surface area (Å²) in [4.78, 5) is 17.3. The van der Waals surface area contributed by atoms with Gasteiger partial charge in [0.25, 0.3) is 5.82 Å². The van der Waals surface area contributed by atoms with Crippen LogP contribution in [0.4, 0.5) is 13.2 Å².